The largest absolute Gasteiger partial charge is 0.448 e. The van der Waals surface area contributed by atoms with E-state index in [1.165, 1.54) is 50.4 Å². The first-order chi connectivity index (χ1) is 20.0. The third kappa shape index (κ3) is 3.88. The number of aryl methyl sites for hydroxylation is 1. The number of nitrogens with one attached hydrogen (secondary N) is 1. The number of aromatic nitrogens is 2. The van der Waals surface area contributed by atoms with Crippen LogP contribution in [0, 0.1) is 0 Å². The Morgan fingerprint density at radius 3 is 1.98 bits per heavy atom. The minimum atomic E-state index is 0.853. The molecule has 1 N–H and O–H groups in total. The van der Waals surface area contributed by atoms with Gasteiger partial charge in [0.2, 0.25) is 0 Å². The Hall–Kier alpha value is -3.60. The van der Waals surface area contributed by atoms with Crippen molar-refractivity contribution in [3.63, 3.8) is 0 Å². The lowest BCUT2D eigenvalue weighted by Crippen LogP contribution is -2.25. The molecule has 0 saturated heterocycles. The van der Waals surface area contributed by atoms with Crippen molar-refractivity contribution in [2.24, 2.45) is 9.98 Å². The van der Waals surface area contributed by atoms with Gasteiger partial charge in [-0.2, -0.15) is 0 Å². The third-order valence-electron chi connectivity index (χ3n) is 9.30. The predicted molar refractivity (Wildman–Crippen MR) is 172 cm³/mol. The van der Waals surface area contributed by atoms with Crippen molar-refractivity contribution in [1.82, 2.24) is 9.55 Å². The van der Waals surface area contributed by atoms with E-state index in [-0.39, 0.29) is 0 Å². The fourth-order valence-corrected chi connectivity index (χ4v) is 7.42. The molecule has 4 aliphatic rings. The van der Waals surface area contributed by atoms with Gasteiger partial charge in [-0.05, 0) is 97.9 Å². The van der Waals surface area contributed by atoms with Crippen LogP contribution in [0.3, 0.4) is 0 Å². The summed E-state index contributed by atoms with van der Waals surface area (Å²) in [6.07, 6.45) is 10.9. The number of allylic oxidation sites excluding steroid dienone is 4. The first kappa shape index (κ1) is 27.6. The van der Waals surface area contributed by atoms with Crippen molar-refractivity contribution >= 4 is 34.1 Å². The minimum Gasteiger partial charge on any atom is -0.448 e. The van der Waals surface area contributed by atoms with Crippen LogP contribution >= 0.6 is 0 Å². The number of hydrogen-bond donors (Lipinski definition) is 1. The Labute approximate surface area is 244 Å². The van der Waals surface area contributed by atoms with Crippen LogP contribution in [0.4, 0.5) is 0 Å². The number of nitrogens with zero attached hydrogens (tertiary/aromatic N) is 3. The van der Waals surface area contributed by atoms with Gasteiger partial charge in [-0.1, -0.05) is 48.5 Å². The van der Waals surface area contributed by atoms with Crippen LogP contribution in [0.15, 0.2) is 50.7 Å². The van der Waals surface area contributed by atoms with Gasteiger partial charge < -0.3 is 14.3 Å². The van der Waals surface area contributed by atoms with E-state index >= 15 is 0 Å². The molecule has 10 bridgehead atoms. The molecule has 0 saturated carbocycles. The number of H-pyrrole nitrogens is 1. The van der Waals surface area contributed by atoms with Gasteiger partial charge in [0.1, 0.15) is 11.4 Å². The highest BCUT2D eigenvalue weighted by Crippen LogP contribution is 2.46. The topological polar surface area (TPSA) is 54.7 Å². The third-order valence-corrected chi connectivity index (χ3v) is 9.30. The molecule has 2 aromatic heterocycles. The fourth-order valence-electron chi connectivity index (χ4n) is 7.42. The summed E-state index contributed by atoms with van der Waals surface area (Å²) in [5.41, 5.74) is 15.9. The van der Waals surface area contributed by atoms with Gasteiger partial charge in [0.15, 0.2) is 11.5 Å². The summed E-state index contributed by atoms with van der Waals surface area (Å²) in [7, 11) is 0. The van der Waals surface area contributed by atoms with Crippen LogP contribution in [0.1, 0.15) is 109 Å². The molecule has 6 rings (SSSR count). The minimum absolute atomic E-state index is 0.853. The molecule has 5 nitrogen and oxygen atoms in total. The lowest BCUT2D eigenvalue weighted by Gasteiger charge is -2.22. The fraction of sp³-hybridized carbons (Fsp3) is 0.444. The molecule has 214 valence electrons. The van der Waals surface area contributed by atoms with Crippen molar-refractivity contribution in [2.45, 2.75) is 107 Å². The molecule has 0 unspecified atom stereocenters. The Balaban J connectivity index is 1.88. The summed E-state index contributed by atoms with van der Waals surface area (Å²) in [5, 5.41) is 2.18. The summed E-state index contributed by atoms with van der Waals surface area (Å²) in [4.78, 5) is 14.5. The Morgan fingerprint density at radius 1 is 0.683 bits per heavy atom. The molecule has 0 radical (unpaired) electrons. The molecule has 0 amide bonds. The molecule has 6 heterocycles. The average Bonchev–Trinajstić information content (AvgIpc) is 3.77. The van der Waals surface area contributed by atoms with Crippen LogP contribution in [-0.4, -0.2) is 21.0 Å². The standard InChI is InChI=1S/C36H44N4O/c1-9-20-19-29-25(14-6)27-17-18-28(37-27)26(15-7)33-23(12-4)24(13-5)34(40(33)16-8)36-32-22(11-3)21(10-2)31(39-32)35(41-36)30(20)38-29/h17-19,38H,9-16H2,1-8H3. The van der Waals surface area contributed by atoms with Gasteiger partial charge in [-0.25, -0.2) is 9.98 Å². The second kappa shape index (κ2) is 10.7. The van der Waals surface area contributed by atoms with Gasteiger partial charge in [-0.3, -0.25) is 0 Å². The molecule has 41 heavy (non-hydrogen) atoms. The molecule has 0 fully saturated rings. The maximum Gasteiger partial charge on any atom is 0.177 e. The Bertz CT molecular complexity index is 1770. The van der Waals surface area contributed by atoms with Crippen molar-refractivity contribution in [2.75, 3.05) is 0 Å². The molecule has 2 aromatic rings. The first-order valence-corrected chi connectivity index (χ1v) is 15.9. The van der Waals surface area contributed by atoms with Crippen LogP contribution < -0.4 is 10.7 Å². The number of aromatic amines is 1. The van der Waals surface area contributed by atoms with Crippen molar-refractivity contribution < 1.29 is 4.74 Å². The zero-order valence-electron chi connectivity index (χ0n) is 26.1. The zero-order valence-corrected chi connectivity index (χ0v) is 26.1. The van der Waals surface area contributed by atoms with Crippen LogP contribution in [-0.2, 0) is 30.5 Å². The number of hydrogen-bond acceptors (Lipinski definition) is 3. The van der Waals surface area contributed by atoms with Crippen LogP contribution in [0.5, 0.6) is 0 Å². The predicted octanol–water partition coefficient (Wildman–Crippen LogP) is 7.31. The maximum atomic E-state index is 7.21. The normalized spacial score (nSPS) is 17.6. The summed E-state index contributed by atoms with van der Waals surface area (Å²) in [6.45, 7) is 18.9. The molecule has 0 aliphatic carbocycles. The summed E-state index contributed by atoms with van der Waals surface area (Å²) in [5.74, 6) is 1.80. The van der Waals surface area contributed by atoms with E-state index in [0.717, 1.165) is 96.5 Å². The lowest BCUT2D eigenvalue weighted by molar-refractivity contribution is 0.459. The van der Waals surface area contributed by atoms with Crippen molar-refractivity contribution in [3.05, 3.63) is 79.5 Å². The van der Waals surface area contributed by atoms with E-state index in [1.807, 2.05) is 0 Å². The number of fused-ring (bicyclic) bond motifs is 10. The monoisotopic (exact) mass is 548 g/mol. The van der Waals surface area contributed by atoms with Gasteiger partial charge in [-0.15, -0.1) is 0 Å². The van der Waals surface area contributed by atoms with E-state index in [9.17, 15) is 0 Å². The maximum absolute atomic E-state index is 7.21. The van der Waals surface area contributed by atoms with E-state index in [1.54, 1.807) is 0 Å². The van der Waals surface area contributed by atoms with E-state index in [0.29, 0.717) is 0 Å². The SMILES string of the molecule is CCC1=C(CC)C2=C3OC(=c4[nH]c(cc4CC)=C(CC)C4=NC(=C(CC)c5c(CC)c(CC)c3n5CC)C=C4)C1=N2. The number of rotatable bonds is 8. The second-order valence-electron chi connectivity index (χ2n) is 11.2. The Morgan fingerprint density at radius 2 is 1.37 bits per heavy atom. The van der Waals surface area contributed by atoms with Crippen LogP contribution in [0.2, 0.25) is 0 Å². The Kier molecular flexibility index (Phi) is 7.17. The molecule has 0 spiro atoms. The van der Waals surface area contributed by atoms with E-state index < -0.39 is 0 Å². The van der Waals surface area contributed by atoms with Crippen molar-refractivity contribution in [1.29, 1.82) is 0 Å². The first-order valence-electron chi connectivity index (χ1n) is 15.9. The average molecular weight is 549 g/mol. The molecular formula is C36H44N4O. The van der Waals surface area contributed by atoms with Crippen molar-refractivity contribution in [3.8, 4) is 0 Å². The quantitative estimate of drug-likeness (QED) is 0.370. The summed E-state index contributed by atoms with van der Waals surface area (Å²) in [6, 6.07) is 2.31. The molecule has 0 aromatic carbocycles. The number of aliphatic imine (C=N–C) groups is 2. The smallest absolute Gasteiger partial charge is 0.177 e. The number of ether oxygens (including phenoxy) is 1. The van der Waals surface area contributed by atoms with Gasteiger partial charge in [0.05, 0.1) is 28.1 Å². The highest BCUT2D eigenvalue weighted by atomic mass is 16.5. The summed E-state index contributed by atoms with van der Waals surface area (Å²) >= 11 is 0. The highest BCUT2D eigenvalue weighted by molar-refractivity contribution is 6.30. The van der Waals surface area contributed by atoms with E-state index in [4.69, 9.17) is 14.7 Å². The molecular weight excluding hydrogens is 504 g/mol. The van der Waals surface area contributed by atoms with Crippen LogP contribution in [0.25, 0.3) is 22.7 Å². The van der Waals surface area contributed by atoms with E-state index in [2.05, 4.69) is 83.2 Å². The van der Waals surface area contributed by atoms with Gasteiger partial charge in [0.25, 0.3) is 0 Å². The van der Waals surface area contributed by atoms with Gasteiger partial charge in [0, 0.05) is 23.0 Å². The molecule has 4 aliphatic heterocycles. The zero-order chi connectivity index (χ0) is 29.0. The second-order valence-corrected chi connectivity index (χ2v) is 11.2. The molecule has 5 heteroatoms. The van der Waals surface area contributed by atoms with Gasteiger partial charge >= 0.3 is 0 Å². The summed E-state index contributed by atoms with van der Waals surface area (Å²) < 4.78 is 9.73. The molecule has 0 atom stereocenters. The lowest BCUT2D eigenvalue weighted by atomic mass is 9.96. The highest BCUT2D eigenvalue weighted by Gasteiger charge is 2.38.